The van der Waals surface area contributed by atoms with E-state index >= 15 is 0 Å². The van der Waals surface area contributed by atoms with E-state index in [1.807, 2.05) is 45.9 Å². The van der Waals surface area contributed by atoms with Gasteiger partial charge in [0.1, 0.15) is 17.0 Å². The Hall–Kier alpha value is -4.07. The van der Waals surface area contributed by atoms with Gasteiger partial charge in [-0.2, -0.15) is 0 Å². The molecule has 3 aromatic heterocycles. The molecule has 0 spiro atoms. The van der Waals surface area contributed by atoms with Crippen LogP contribution in [0.3, 0.4) is 0 Å². The first-order chi connectivity index (χ1) is 17.3. The SMILES string of the molecule is CCc1cccc(C)c1Oc1cn(C)c(=O)cc1-c1cn(C)c(=O)c2[nH]c(C(=O)N(C)C(C)(C)C)cc12.[HH]. The van der Waals surface area contributed by atoms with E-state index in [1.165, 1.54) is 15.2 Å². The molecule has 4 aromatic rings. The topological polar surface area (TPSA) is 89.3 Å². The Labute approximate surface area is 217 Å². The third-order valence-corrected chi connectivity index (χ3v) is 6.87. The minimum absolute atomic E-state index is 0. The maximum Gasteiger partial charge on any atom is 0.274 e. The number of fused-ring (bicyclic) bond motifs is 1. The molecule has 0 aliphatic rings. The van der Waals surface area contributed by atoms with Gasteiger partial charge < -0.3 is 23.8 Å². The summed E-state index contributed by atoms with van der Waals surface area (Å²) in [5.74, 6) is 0.985. The van der Waals surface area contributed by atoms with E-state index in [0.717, 1.165) is 23.3 Å². The number of nitrogens with one attached hydrogen (secondary N) is 1. The second-order valence-corrected chi connectivity index (χ2v) is 10.5. The number of para-hydroxylation sites is 1. The molecular weight excluding hydrogens is 468 g/mol. The van der Waals surface area contributed by atoms with Gasteiger partial charge in [-0.05, 0) is 51.3 Å². The highest BCUT2D eigenvalue weighted by atomic mass is 16.5. The lowest BCUT2D eigenvalue weighted by molar-refractivity contribution is 0.0650. The van der Waals surface area contributed by atoms with Crippen molar-refractivity contribution in [2.45, 2.75) is 46.6 Å². The van der Waals surface area contributed by atoms with Gasteiger partial charge in [-0.25, -0.2) is 0 Å². The smallest absolute Gasteiger partial charge is 0.274 e. The first-order valence-electron chi connectivity index (χ1n) is 12.3. The van der Waals surface area contributed by atoms with Gasteiger partial charge in [0.2, 0.25) is 0 Å². The van der Waals surface area contributed by atoms with Crippen molar-refractivity contribution in [2.24, 2.45) is 14.1 Å². The van der Waals surface area contributed by atoms with Crippen LogP contribution in [0.4, 0.5) is 0 Å². The molecule has 0 bridgehead atoms. The first kappa shape index (κ1) is 26.0. The molecular formula is C29H36N4O4. The summed E-state index contributed by atoms with van der Waals surface area (Å²) >= 11 is 0. The Morgan fingerprint density at radius 1 is 1.08 bits per heavy atom. The van der Waals surface area contributed by atoms with Crippen LogP contribution in [0.15, 0.2) is 52.3 Å². The van der Waals surface area contributed by atoms with Crippen LogP contribution >= 0.6 is 0 Å². The minimum Gasteiger partial charge on any atom is -0.455 e. The average Bonchev–Trinajstić information content (AvgIpc) is 3.29. The maximum atomic E-state index is 13.2. The molecule has 8 nitrogen and oxygen atoms in total. The van der Waals surface area contributed by atoms with Crippen molar-refractivity contribution in [3.8, 4) is 22.6 Å². The normalized spacial score (nSPS) is 11.7. The van der Waals surface area contributed by atoms with E-state index in [9.17, 15) is 14.4 Å². The number of pyridine rings is 2. The number of ether oxygens (including phenoxy) is 1. The lowest BCUT2D eigenvalue weighted by Crippen LogP contribution is -2.42. The van der Waals surface area contributed by atoms with Gasteiger partial charge >= 0.3 is 0 Å². The molecule has 0 saturated carbocycles. The molecule has 196 valence electrons. The van der Waals surface area contributed by atoms with Gasteiger partial charge in [0, 0.05) is 56.9 Å². The number of amides is 1. The Bertz CT molecular complexity index is 1640. The van der Waals surface area contributed by atoms with Crippen LogP contribution in [-0.4, -0.2) is 37.5 Å². The van der Waals surface area contributed by atoms with Crippen molar-refractivity contribution in [1.82, 2.24) is 19.0 Å². The van der Waals surface area contributed by atoms with Crippen LogP contribution in [0.25, 0.3) is 22.0 Å². The number of rotatable bonds is 5. The van der Waals surface area contributed by atoms with E-state index in [2.05, 4.69) is 11.9 Å². The lowest BCUT2D eigenvalue weighted by atomic mass is 10.0. The maximum absolute atomic E-state index is 13.2. The number of benzene rings is 1. The van der Waals surface area contributed by atoms with Gasteiger partial charge in [-0.15, -0.1) is 0 Å². The van der Waals surface area contributed by atoms with Crippen molar-refractivity contribution in [3.63, 3.8) is 0 Å². The molecule has 37 heavy (non-hydrogen) atoms. The summed E-state index contributed by atoms with van der Waals surface area (Å²) in [5, 5.41) is 0.548. The molecule has 1 N–H and O–H groups in total. The Kier molecular flexibility index (Phi) is 6.62. The van der Waals surface area contributed by atoms with Crippen LogP contribution in [0.5, 0.6) is 11.5 Å². The zero-order valence-corrected chi connectivity index (χ0v) is 22.7. The molecule has 8 heteroatoms. The molecule has 0 aliphatic carbocycles. The van der Waals surface area contributed by atoms with Crippen LogP contribution in [0, 0.1) is 6.92 Å². The monoisotopic (exact) mass is 504 g/mol. The molecule has 0 saturated heterocycles. The van der Waals surface area contributed by atoms with Crippen LogP contribution in [0.1, 0.15) is 50.7 Å². The molecule has 3 heterocycles. The van der Waals surface area contributed by atoms with E-state index in [1.54, 1.807) is 44.5 Å². The van der Waals surface area contributed by atoms with Crippen molar-refractivity contribution in [2.75, 3.05) is 7.05 Å². The Morgan fingerprint density at radius 2 is 1.78 bits per heavy atom. The number of aryl methyl sites for hydroxylation is 4. The second kappa shape index (κ2) is 9.42. The fraction of sp³-hybridized carbons (Fsp3) is 0.345. The molecule has 0 radical (unpaired) electrons. The van der Waals surface area contributed by atoms with E-state index in [-0.39, 0.29) is 18.5 Å². The third kappa shape index (κ3) is 4.71. The Balaban J connectivity index is 0.00000400. The van der Waals surface area contributed by atoms with Gasteiger partial charge in [0.05, 0.1) is 6.20 Å². The molecule has 0 unspecified atom stereocenters. The quantitative estimate of drug-likeness (QED) is 0.414. The van der Waals surface area contributed by atoms with Crippen molar-refractivity contribution < 1.29 is 11.0 Å². The van der Waals surface area contributed by atoms with E-state index in [0.29, 0.717) is 33.5 Å². The summed E-state index contributed by atoms with van der Waals surface area (Å²) in [7, 11) is 5.05. The average molecular weight is 505 g/mol. The minimum atomic E-state index is -0.403. The number of nitrogens with zero attached hydrogens (tertiary/aromatic N) is 3. The number of H-pyrrole nitrogens is 1. The summed E-state index contributed by atoms with van der Waals surface area (Å²) in [6.45, 7) is 9.87. The third-order valence-electron chi connectivity index (χ3n) is 6.87. The fourth-order valence-corrected chi connectivity index (χ4v) is 4.29. The predicted octanol–water partition coefficient (Wildman–Crippen LogP) is 5.01. The largest absolute Gasteiger partial charge is 0.455 e. The highest BCUT2D eigenvalue weighted by molar-refractivity contribution is 6.03. The number of hydrogen-bond acceptors (Lipinski definition) is 4. The van der Waals surface area contributed by atoms with Crippen LogP contribution in [-0.2, 0) is 20.5 Å². The van der Waals surface area contributed by atoms with Crippen LogP contribution in [0.2, 0.25) is 0 Å². The van der Waals surface area contributed by atoms with Crippen molar-refractivity contribution in [1.29, 1.82) is 0 Å². The molecule has 0 atom stereocenters. The van der Waals surface area contributed by atoms with Gasteiger partial charge in [-0.3, -0.25) is 14.4 Å². The Morgan fingerprint density at radius 3 is 2.43 bits per heavy atom. The zero-order valence-electron chi connectivity index (χ0n) is 22.7. The highest BCUT2D eigenvalue weighted by Crippen LogP contribution is 2.38. The predicted molar refractivity (Wildman–Crippen MR) is 149 cm³/mol. The number of aromatic nitrogens is 3. The molecule has 0 aliphatic heterocycles. The lowest BCUT2D eigenvalue weighted by Gasteiger charge is -2.31. The number of carbonyl (C=O) groups excluding carboxylic acids is 1. The van der Waals surface area contributed by atoms with E-state index in [4.69, 9.17) is 4.74 Å². The van der Waals surface area contributed by atoms with Gasteiger partial charge in [-0.1, -0.05) is 25.1 Å². The van der Waals surface area contributed by atoms with Crippen LogP contribution < -0.4 is 15.9 Å². The summed E-state index contributed by atoms with van der Waals surface area (Å²) in [5.41, 5.74) is 2.88. The number of hydrogen-bond donors (Lipinski definition) is 1. The zero-order chi connectivity index (χ0) is 27.2. The molecule has 1 amide bonds. The van der Waals surface area contributed by atoms with Crippen molar-refractivity contribution in [3.05, 3.63) is 80.3 Å². The van der Waals surface area contributed by atoms with Crippen molar-refractivity contribution >= 4 is 16.8 Å². The summed E-state index contributed by atoms with van der Waals surface area (Å²) in [4.78, 5) is 43.7. The number of aromatic amines is 1. The fourth-order valence-electron chi connectivity index (χ4n) is 4.29. The summed E-state index contributed by atoms with van der Waals surface area (Å²) in [6, 6.07) is 9.18. The van der Waals surface area contributed by atoms with Gasteiger partial charge in [0.25, 0.3) is 17.0 Å². The standard InChI is InChI=1S/C29H34N4O4.H2/c1-9-18-12-10-11-17(2)26(18)37-23-16-31(6)24(34)14-19(23)21-15-32(7)28(36)25-20(21)13-22(30-25)27(35)33(8)29(3,4)5;/h10-16,30H,9H2,1-8H3;1H. The molecule has 0 fully saturated rings. The first-order valence-corrected chi connectivity index (χ1v) is 12.3. The number of carbonyl (C=O) groups is 1. The van der Waals surface area contributed by atoms with E-state index < -0.39 is 5.54 Å². The summed E-state index contributed by atoms with van der Waals surface area (Å²) < 4.78 is 9.39. The second-order valence-electron chi connectivity index (χ2n) is 10.5. The molecule has 4 rings (SSSR count). The molecule has 1 aromatic carbocycles. The summed E-state index contributed by atoms with van der Waals surface area (Å²) in [6.07, 6.45) is 4.12. The highest BCUT2D eigenvalue weighted by Gasteiger charge is 2.26. The van der Waals surface area contributed by atoms with Gasteiger partial charge in [0.15, 0.2) is 5.75 Å².